The topological polar surface area (TPSA) is 24.4 Å². The summed E-state index contributed by atoms with van der Waals surface area (Å²) in [5.74, 6) is 1.21. The van der Waals surface area contributed by atoms with Gasteiger partial charge in [0.2, 0.25) is 0 Å². The van der Waals surface area contributed by atoms with Gasteiger partial charge in [-0.15, -0.1) is 0 Å². The number of fused-ring (bicyclic) bond motifs is 3. The second-order valence-electron chi connectivity index (χ2n) is 3.78. The highest BCUT2D eigenvalue weighted by atomic mass is 15.0. The highest BCUT2D eigenvalue weighted by molar-refractivity contribution is 5.67. The summed E-state index contributed by atoms with van der Waals surface area (Å²) in [6, 6.07) is 0.480. The number of rotatable bonds is 0. The molecule has 0 amide bonds. The fourth-order valence-electron chi connectivity index (χ4n) is 2.37. The molecule has 1 fully saturated rings. The molecular weight excluding hydrogens is 160 g/mol. The summed E-state index contributed by atoms with van der Waals surface area (Å²) in [4.78, 5) is 4.21. The lowest BCUT2D eigenvalue weighted by molar-refractivity contribution is 0.524. The third-order valence-corrected chi connectivity index (χ3v) is 3.05. The monoisotopic (exact) mass is 172 g/mol. The third-order valence-electron chi connectivity index (χ3n) is 3.05. The van der Waals surface area contributed by atoms with E-state index in [1.807, 2.05) is 6.20 Å². The molecule has 0 saturated carbocycles. The highest BCUT2D eigenvalue weighted by Gasteiger charge is 2.37. The maximum atomic E-state index is 4.21. The van der Waals surface area contributed by atoms with E-state index in [0.717, 1.165) is 6.42 Å². The molecule has 13 heavy (non-hydrogen) atoms. The van der Waals surface area contributed by atoms with Crippen LogP contribution in [-0.2, 0) is 0 Å². The largest absolute Gasteiger partial charge is 0.381 e. The van der Waals surface area contributed by atoms with Crippen LogP contribution in [0.5, 0.6) is 0 Å². The van der Waals surface area contributed by atoms with Gasteiger partial charge in [-0.25, -0.2) is 0 Å². The molecule has 0 radical (unpaired) electrons. The Morgan fingerprint density at radius 3 is 3.46 bits per heavy atom. The van der Waals surface area contributed by atoms with Gasteiger partial charge in [0.15, 0.2) is 0 Å². The number of hydrogen-bond donors (Lipinski definition) is 1. The summed E-state index contributed by atoms with van der Waals surface area (Å²) in [6.07, 6.45) is 13.8. The van der Waals surface area contributed by atoms with E-state index in [-0.39, 0.29) is 0 Å². The quantitative estimate of drug-likeness (QED) is 0.590. The predicted molar refractivity (Wildman–Crippen MR) is 53.4 cm³/mol. The van der Waals surface area contributed by atoms with E-state index >= 15 is 0 Å². The molecule has 3 aliphatic rings. The molecule has 1 N–H and O–H groups in total. The fourth-order valence-corrected chi connectivity index (χ4v) is 2.37. The van der Waals surface area contributed by atoms with Gasteiger partial charge in [-0.2, -0.15) is 0 Å². The van der Waals surface area contributed by atoms with E-state index in [4.69, 9.17) is 0 Å². The minimum Gasteiger partial charge on any atom is -0.381 e. The van der Waals surface area contributed by atoms with Crippen molar-refractivity contribution in [2.24, 2.45) is 16.8 Å². The molecule has 3 rings (SSSR count). The molecule has 2 nitrogen and oxygen atoms in total. The molecule has 66 valence electrons. The van der Waals surface area contributed by atoms with E-state index in [9.17, 15) is 0 Å². The van der Waals surface area contributed by atoms with Crippen molar-refractivity contribution in [1.82, 2.24) is 5.32 Å². The molecule has 3 atom stereocenters. The smallest absolute Gasteiger partial charge is 0.0543 e. The Balaban J connectivity index is 1.97. The first-order valence-electron chi connectivity index (χ1n) is 4.78. The summed E-state index contributed by atoms with van der Waals surface area (Å²) in [6.45, 7) is 0. The Bertz CT molecular complexity index is 336. The zero-order chi connectivity index (χ0) is 8.67. The Kier molecular flexibility index (Phi) is 1.42. The molecule has 0 bridgehead atoms. The van der Waals surface area contributed by atoms with E-state index in [2.05, 4.69) is 40.8 Å². The molecule has 2 heteroatoms. The summed E-state index contributed by atoms with van der Waals surface area (Å²) >= 11 is 0. The summed E-state index contributed by atoms with van der Waals surface area (Å²) < 4.78 is 0. The van der Waals surface area contributed by atoms with Crippen LogP contribution in [-0.4, -0.2) is 12.3 Å². The summed E-state index contributed by atoms with van der Waals surface area (Å²) in [5.41, 5.74) is 1.38. The van der Waals surface area contributed by atoms with Crippen LogP contribution in [0, 0.1) is 11.8 Å². The van der Waals surface area contributed by atoms with Gasteiger partial charge in [-0.1, -0.05) is 12.2 Å². The van der Waals surface area contributed by atoms with Crippen LogP contribution in [0.15, 0.2) is 41.2 Å². The van der Waals surface area contributed by atoms with Crippen molar-refractivity contribution in [3.63, 3.8) is 0 Å². The molecule has 2 heterocycles. The standard InChI is InChI=1S/C11H12N2/c1-2-4-10-8(3-1)9-7-12-6-5-11(9)13-10/h1-2,4-9,11,13H,3H2. The van der Waals surface area contributed by atoms with Gasteiger partial charge in [0, 0.05) is 29.9 Å². The van der Waals surface area contributed by atoms with Crippen LogP contribution < -0.4 is 5.32 Å². The first-order valence-corrected chi connectivity index (χ1v) is 4.78. The highest BCUT2D eigenvalue weighted by Crippen LogP contribution is 2.35. The van der Waals surface area contributed by atoms with Gasteiger partial charge in [0.25, 0.3) is 0 Å². The normalized spacial score (nSPS) is 39.4. The number of nitrogens with one attached hydrogen (secondary N) is 1. The SMILES string of the molecule is C1=CCC2C(=C1)NC1C=CN=CC12. The molecular formula is C11H12N2. The minimum atomic E-state index is 0.480. The summed E-state index contributed by atoms with van der Waals surface area (Å²) in [7, 11) is 0. The second kappa shape index (κ2) is 2.59. The van der Waals surface area contributed by atoms with Crippen LogP contribution in [0.3, 0.4) is 0 Å². The van der Waals surface area contributed by atoms with Crippen molar-refractivity contribution < 1.29 is 0 Å². The Labute approximate surface area is 77.7 Å². The lowest BCUT2D eigenvalue weighted by Crippen LogP contribution is -2.27. The van der Waals surface area contributed by atoms with Crippen molar-refractivity contribution in [2.75, 3.05) is 0 Å². The minimum absolute atomic E-state index is 0.480. The average molecular weight is 172 g/mol. The van der Waals surface area contributed by atoms with Gasteiger partial charge < -0.3 is 5.32 Å². The number of aliphatic imine (C=N–C) groups is 1. The first kappa shape index (κ1) is 7.13. The van der Waals surface area contributed by atoms with Gasteiger partial charge in [-0.05, 0) is 18.6 Å². The first-order chi connectivity index (χ1) is 6.45. The van der Waals surface area contributed by atoms with E-state index < -0.39 is 0 Å². The molecule has 0 aromatic carbocycles. The van der Waals surface area contributed by atoms with Crippen LogP contribution in [0.25, 0.3) is 0 Å². The lowest BCUT2D eigenvalue weighted by atomic mass is 9.85. The molecule has 0 aromatic rings. The number of allylic oxidation sites excluding steroid dienone is 4. The van der Waals surface area contributed by atoms with Crippen LogP contribution >= 0.6 is 0 Å². The average Bonchev–Trinajstić information content (AvgIpc) is 2.56. The molecule has 3 unspecified atom stereocenters. The van der Waals surface area contributed by atoms with E-state index in [1.165, 1.54) is 5.70 Å². The Morgan fingerprint density at radius 1 is 1.46 bits per heavy atom. The number of hydrogen-bond acceptors (Lipinski definition) is 2. The zero-order valence-corrected chi connectivity index (χ0v) is 7.35. The molecule has 1 saturated heterocycles. The zero-order valence-electron chi connectivity index (χ0n) is 7.35. The molecule has 1 aliphatic carbocycles. The fraction of sp³-hybridized carbons (Fsp3) is 0.364. The van der Waals surface area contributed by atoms with Crippen molar-refractivity contribution in [3.8, 4) is 0 Å². The molecule has 0 aromatic heterocycles. The maximum Gasteiger partial charge on any atom is 0.0543 e. The number of nitrogens with zero attached hydrogens (tertiary/aromatic N) is 1. The van der Waals surface area contributed by atoms with Gasteiger partial charge >= 0.3 is 0 Å². The van der Waals surface area contributed by atoms with Crippen molar-refractivity contribution in [2.45, 2.75) is 12.5 Å². The maximum absolute atomic E-state index is 4.21. The van der Waals surface area contributed by atoms with Gasteiger partial charge in [-0.3, -0.25) is 4.99 Å². The molecule has 2 aliphatic heterocycles. The lowest BCUT2D eigenvalue weighted by Gasteiger charge is -2.18. The Morgan fingerprint density at radius 2 is 2.46 bits per heavy atom. The second-order valence-corrected chi connectivity index (χ2v) is 3.78. The van der Waals surface area contributed by atoms with Crippen molar-refractivity contribution >= 4 is 6.21 Å². The van der Waals surface area contributed by atoms with Crippen LogP contribution in [0.2, 0.25) is 0 Å². The van der Waals surface area contributed by atoms with Gasteiger partial charge in [0.05, 0.1) is 6.04 Å². The van der Waals surface area contributed by atoms with Crippen LogP contribution in [0.4, 0.5) is 0 Å². The van der Waals surface area contributed by atoms with E-state index in [1.54, 1.807) is 0 Å². The predicted octanol–water partition coefficient (Wildman–Crippen LogP) is 1.63. The Hall–Kier alpha value is -1.31. The van der Waals surface area contributed by atoms with Gasteiger partial charge in [0.1, 0.15) is 0 Å². The van der Waals surface area contributed by atoms with Crippen molar-refractivity contribution in [1.29, 1.82) is 0 Å². The third kappa shape index (κ3) is 0.981. The van der Waals surface area contributed by atoms with Crippen LogP contribution in [0.1, 0.15) is 6.42 Å². The summed E-state index contributed by atoms with van der Waals surface area (Å²) in [5, 5.41) is 3.53. The van der Waals surface area contributed by atoms with E-state index in [0.29, 0.717) is 17.9 Å². The molecule has 0 spiro atoms. The van der Waals surface area contributed by atoms with Crippen molar-refractivity contribution in [3.05, 3.63) is 36.2 Å².